The Morgan fingerprint density at radius 3 is 2.73 bits per heavy atom. The number of hydrogen-bond acceptors (Lipinski definition) is 5. The van der Waals surface area contributed by atoms with E-state index in [-0.39, 0.29) is 5.92 Å². The Balaban J connectivity index is 1.56. The van der Waals surface area contributed by atoms with Crippen LogP contribution in [-0.4, -0.2) is 29.9 Å². The minimum absolute atomic E-state index is 0.105. The van der Waals surface area contributed by atoms with Crippen molar-refractivity contribution in [1.82, 2.24) is 14.9 Å². The van der Waals surface area contributed by atoms with Gasteiger partial charge in [-0.1, -0.05) is 30.3 Å². The number of nitrogens with zero attached hydrogens (tertiary/aromatic N) is 1. The van der Waals surface area contributed by atoms with Crippen molar-refractivity contribution >= 4 is 11.9 Å². The summed E-state index contributed by atoms with van der Waals surface area (Å²) in [5.41, 5.74) is 6.83. The second-order valence-electron chi connectivity index (χ2n) is 6.69. The molecule has 30 heavy (non-hydrogen) atoms. The lowest BCUT2D eigenvalue weighted by molar-refractivity contribution is -0.137. The molecule has 0 saturated carbocycles. The zero-order chi connectivity index (χ0) is 21.4. The van der Waals surface area contributed by atoms with Gasteiger partial charge in [0, 0.05) is 18.7 Å². The van der Waals surface area contributed by atoms with Crippen LogP contribution in [0.3, 0.4) is 0 Å². The molecule has 1 atom stereocenters. The number of aromatic amines is 1. The van der Waals surface area contributed by atoms with E-state index in [2.05, 4.69) is 14.9 Å². The zero-order valence-electron chi connectivity index (χ0n) is 16.2. The third kappa shape index (κ3) is 6.51. The maximum absolute atomic E-state index is 13.0. The number of H-pyrrole nitrogens is 1. The largest absolute Gasteiger partial charge is 0.492 e. The van der Waals surface area contributed by atoms with Crippen LogP contribution in [0.2, 0.25) is 0 Å². The fraction of sp³-hybridized carbons (Fsp3) is 0.286. The SMILES string of the molecule is NCC(Cc1cccc(C(F)(F)F)c1)c1cccc(OCCNSc2cn[nH]c2)c1. The number of rotatable bonds is 10. The highest BCUT2D eigenvalue weighted by molar-refractivity contribution is 7.97. The van der Waals surface area contributed by atoms with Gasteiger partial charge in [-0.05, 0) is 54.2 Å². The van der Waals surface area contributed by atoms with E-state index in [1.165, 1.54) is 24.1 Å². The Bertz CT molecular complexity index is 919. The molecule has 0 aliphatic heterocycles. The number of nitrogens with one attached hydrogen (secondary N) is 2. The number of benzene rings is 2. The second kappa shape index (κ2) is 10.5. The average Bonchev–Trinajstić information content (AvgIpc) is 3.25. The van der Waals surface area contributed by atoms with Gasteiger partial charge in [-0.15, -0.1) is 0 Å². The molecule has 1 unspecified atom stereocenters. The zero-order valence-corrected chi connectivity index (χ0v) is 17.0. The van der Waals surface area contributed by atoms with Crippen LogP contribution in [0.15, 0.2) is 65.8 Å². The van der Waals surface area contributed by atoms with E-state index in [4.69, 9.17) is 10.5 Å². The molecule has 2 aromatic carbocycles. The molecule has 5 nitrogen and oxygen atoms in total. The molecule has 0 amide bonds. The smallest absolute Gasteiger partial charge is 0.416 e. The molecule has 0 fully saturated rings. The highest BCUT2D eigenvalue weighted by Gasteiger charge is 2.30. The summed E-state index contributed by atoms with van der Waals surface area (Å²) in [4.78, 5) is 0.984. The van der Waals surface area contributed by atoms with Crippen LogP contribution >= 0.6 is 11.9 Å². The van der Waals surface area contributed by atoms with Crippen LogP contribution in [0.4, 0.5) is 13.2 Å². The molecule has 1 heterocycles. The summed E-state index contributed by atoms with van der Waals surface area (Å²) in [6, 6.07) is 12.9. The van der Waals surface area contributed by atoms with Gasteiger partial charge in [-0.2, -0.15) is 18.3 Å². The Morgan fingerprint density at radius 2 is 2.00 bits per heavy atom. The first-order valence-corrected chi connectivity index (χ1v) is 10.2. The van der Waals surface area contributed by atoms with E-state index in [0.29, 0.717) is 37.4 Å². The minimum atomic E-state index is -4.36. The highest BCUT2D eigenvalue weighted by atomic mass is 32.2. The van der Waals surface area contributed by atoms with Gasteiger partial charge in [-0.3, -0.25) is 9.82 Å². The van der Waals surface area contributed by atoms with Crippen molar-refractivity contribution in [2.24, 2.45) is 5.73 Å². The first-order chi connectivity index (χ1) is 14.5. The van der Waals surface area contributed by atoms with E-state index in [9.17, 15) is 13.2 Å². The molecule has 0 saturated heterocycles. The van der Waals surface area contributed by atoms with Crippen LogP contribution in [0.1, 0.15) is 22.6 Å². The fourth-order valence-electron chi connectivity index (χ4n) is 2.99. The molecule has 1 aromatic heterocycles. The van der Waals surface area contributed by atoms with Crippen molar-refractivity contribution < 1.29 is 17.9 Å². The molecule has 9 heteroatoms. The summed E-state index contributed by atoms with van der Waals surface area (Å²) < 4.78 is 47.9. The van der Waals surface area contributed by atoms with E-state index in [1.54, 1.807) is 18.5 Å². The number of ether oxygens (including phenoxy) is 1. The van der Waals surface area contributed by atoms with Crippen LogP contribution in [-0.2, 0) is 12.6 Å². The van der Waals surface area contributed by atoms with E-state index >= 15 is 0 Å². The van der Waals surface area contributed by atoms with Gasteiger partial charge < -0.3 is 10.5 Å². The molecule has 3 aromatic rings. The quantitative estimate of drug-likeness (QED) is 0.325. The predicted molar refractivity (Wildman–Crippen MR) is 111 cm³/mol. The number of alkyl halides is 3. The van der Waals surface area contributed by atoms with Gasteiger partial charge in [0.15, 0.2) is 0 Å². The highest BCUT2D eigenvalue weighted by Crippen LogP contribution is 2.31. The molecular weight excluding hydrogens is 413 g/mol. The molecule has 0 spiro atoms. The van der Waals surface area contributed by atoms with Crippen molar-refractivity contribution in [2.75, 3.05) is 19.7 Å². The fourth-order valence-corrected chi connectivity index (χ4v) is 3.56. The van der Waals surface area contributed by atoms with Crippen molar-refractivity contribution in [3.8, 4) is 5.75 Å². The average molecular weight is 437 g/mol. The van der Waals surface area contributed by atoms with Crippen LogP contribution in [0.5, 0.6) is 5.75 Å². The van der Waals surface area contributed by atoms with Crippen molar-refractivity contribution in [3.63, 3.8) is 0 Å². The number of hydrogen-bond donors (Lipinski definition) is 3. The molecule has 160 valence electrons. The normalized spacial score (nSPS) is 12.7. The lowest BCUT2D eigenvalue weighted by Crippen LogP contribution is -2.16. The monoisotopic (exact) mass is 436 g/mol. The van der Waals surface area contributed by atoms with Crippen LogP contribution < -0.4 is 15.2 Å². The predicted octanol–water partition coefficient (Wildman–Crippen LogP) is 4.39. The first-order valence-electron chi connectivity index (χ1n) is 9.43. The Morgan fingerprint density at radius 1 is 1.17 bits per heavy atom. The molecule has 4 N–H and O–H groups in total. The standard InChI is InChI=1S/C21H23F3N4OS/c22-21(23,24)18-5-1-3-15(10-18)9-17(12-25)16-4-2-6-19(11-16)29-8-7-28-30-20-13-26-27-14-20/h1-6,10-11,13-14,17,28H,7-9,12,25H2,(H,26,27). The third-order valence-electron chi connectivity index (χ3n) is 4.49. The number of aromatic nitrogens is 2. The molecule has 0 aliphatic rings. The number of nitrogens with two attached hydrogens (primary N) is 1. The van der Waals surface area contributed by atoms with Crippen LogP contribution in [0, 0.1) is 0 Å². The number of halogens is 3. The van der Waals surface area contributed by atoms with Crippen LogP contribution in [0.25, 0.3) is 0 Å². The van der Waals surface area contributed by atoms with Gasteiger partial charge in [0.2, 0.25) is 0 Å². The van der Waals surface area contributed by atoms with Crippen molar-refractivity contribution in [3.05, 3.63) is 77.6 Å². The summed E-state index contributed by atoms with van der Waals surface area (Å²) in [7, 11) is 0. The maximum Gasteiger partial charge on any atom is 0.416 e. The second-order valence-corrected chi connectivity index (χ2v) is 7.65. The molecule has 0 bridgehead atoms. The molecule has 3 rings (SSSR count). The van der Waals surface area contributed by atoms with E-state index < -0.39 is 11.7 Å². The summed E-state index contributed by atoms with van der Waals surface area (Å²) in [5, 5.41) is 6.61. The Hall–Kier alpha value is -2.49. The maximum atomic E-state index is 13.0. The van der Waals surface area contributed by atoms with E-state index in [1.807, 2.05) is 24.3 Å². The van der Waals surface area contributed by atoms with E-state index in [0.717, 1.165) is 16.5 Å². The summed E-state index contributed by atoms with van der Waals surface area (Å²) >= 11 is 1.46. The molecule has 0 radical (unpaired) electrons. The first kappa shape index (κ1) is 22.2. The Kier molecular flexibility index (Phi) is 7.78. The Labute approximate surface area is 177 Å². The molecular formula is C21H23F3N4OS. The van der Waals surface area contributed by atoms with Gasteiger partial charge in [-0.25, -0.2) is 0 Å². The van der Waals surface area contributed by atoms with Gasteiger partial charge in [0.1, 0.15) is 12.4 Å². The van der Waals surface area contributed by atoms with Gasteiger partial charge in [0.05, 0.1) is 16.7 Å². The summed E-state index contributed by atoms with van der Waals surface area (Å²) in [5.74, 6) is 0.594. The van der Waals surface area contributed by atoms with Gasteiger partial charge in [0.25, 0.3) is 0 Å². The minimum Gasteiger partial charge on any atom is -0.492 e. The van der Waals surface area contributed by atoms with Crippen molar-refractivity contribution in [1.29, 1.82) is 0 Å². The lowest BCUT2D eigenvalue weighted by atomic mass is 9.91. The summed E-state index contributed by atoms with van der Waals surface area (Å²) in [6.07, 6.45) is -0.419. The van der Waals surface area contributed by atoms with Gasteiger partial charge >= 0.3 is 6.18 Å². The lowest BCUT2D eigenvalue weighted by Gasteiger charge is -2.17. The topological polar surface area (TPSA) is 76.0 Å². The van der Waals surface area contributed by atoms with Crippen molar-refractivity contribution in [2.45, 2.75) is 23.4 Å². The summed E-state index contributed by atoms with van der Waals surface area (Å²) in [6.45, 7) is 1.42. The molecule has 0 aliphatic carbocycles. The third-order valence-corrected chi connectivity index (χ3v) is 5.29.